The van der Waals surface area contributed by atoms with E-state index in [4.69, 9.17) is 25.8 Å². The van der Waals surface area contributed by atoms with E-state index in [1.165, 1.54) is 7.11 Å². The van der Waals surface area contributed by atoms with E-state index in [1.807, 2.05) is 18.2 Å². The molecule has 2 aromatic rings. The van der Waals surface area contributed by atoms with Crippen molar-refractivity contribution in [2.75, 3.05) is 20.3 Å². The van der Waals surface area contributed by atoms with Crippen LogP contribution in [0.15, 0.2) is 41.3 Å². The van der Waals surface area contributed by atoms with Crippen LogP contribution in [0.4, 0.5) is 4.79 Å². The molecule has 1 aliphatic rings. The van der Waals surface area contributed by atoms with Crippen molar-refractivity contribution in [2.45, 2.75) is 13.5 Å². The Bertz CT molecular complexity index is 1070. The number of nitrogens with zero attached hydrogens (tertiary/aromatic N) is 1. The number of rotatable bonds is 8. The summed E-state index contributed by atoms with van der Waals surface area (Å²) in [6.45, 7) is 1.75. The highest BCUT2D eigenvalue weighted by Crippen LogP contribution is 2.37. The lowest BCUT2D eigenvalue weighted by molar-refractivity contribution is -0.145. The molecule has 0 atom stereocenters. The number of thioether (sulfide) groups is 1. The van der Waals surface area contributed by atoms with E-state index in [9.17, 15) is 14.4 Å². The maximum absolute atomic E-state index is 12.6. The second kappa shape index (κ2) is 11.1. The molecule has 2 amide bonds. The zero-order valence-electron chi connectivity index (χ0n) is 17.2. The van der Waals surface area contributed by atoms with Crippen molar-refractivity contribution >= 4 is 69.1 Å². The van der Waals surface area contributed by atoms with Gasteiger partial charge >= 0.3 is 5.97 Å². The monoisotopic (exact) mass is 587 g/mol. The van der Waals surface area contributed by atoms with Crippen LogP contribution in [0.3, 0.4) is 0 Å². The van der Waals surface area contributed by atoms with Gasteiger partial charge in [-0.2, -0.15) is 0 Å². The largest absolute Gasteiger partial charge is 0.493 e. The lowest BCUT2D eigenvalue weighted by Gasteiger charge is -2.14. The van der Waals surface area contributed by atoms with Gasteiger partial charge in [-0.05, 0) is 82.7 Å². The van der Waals surface area contributed by atoms with Crippen LogP contribution in [-0.4, -0.2) is 42.3 Å². The molecule has 7 nitrogen and oxygen atoms in total. The van der Waals surface area contributed by atoms with Crippen LogP contribution in [0.2, 0.25) is 5.02 Å². The number of carbonyl (C=O) groups excluding carboxylic acids is 3. The van der Waals surface area contributed by atoms with Crippen LogP contribution in [0.5, 0.6) is 11.5 Å². The zero-order valence-corrected chi connectivity index (χ0v) is 21.0. The van der Waals surface area contributed by atoms with Crippen LogP contribution in [0.25, 0.3) is 6.08 Å². The Morgan fingerprint density at radius 3 is 2.59 bits per heavy atom. The quantitative estimate of drug-likeness (QED) is 0.241. The summed E-state index contributed by atoms with van der Waals surface area (Å²) < 4.78 is 17.0. The molecule has 3 rings (SSSR count). The summed E-state index contributed by atoms with van der Waals surface area (Å²) in [6.07, 6.45) is 1.59. The van der Waals surface area contributed by atoms with Crippen molar-refractivity contribution in [2.24, 2.45) is 0 Å². The standard InChI is InChI=1S/C22H19ClINO6S/c1-3-30-19(26)11-25-21(27)18(32-22(25)28)10-14-8-16(24)20(17(9-14)29-2)31-12-13-4-6-15(23)7-5-13/h4-10H,3,11-12H2,1-2H3/b18-10-. The fourth-order valence-electron chi connectivity index (χ4n) is 2.82. The molecule has 0 aromatic heterocycles. The first-order chi connectivity index (χ1) is 15.3. The molecule has 0 N–H and O–H groups in total. The first-order valence-electron chi connectivity index (χ1n) is 9.48. The Morgan fingerprint density at radius 2 is 1.94 bits per heavy atom. The van der Waals surface area contributed by atoms with Crippen molar-refractivity contribution in [3.8, 4) is 11.5 Å². The predicted octanol–water partition coefficient (Wildman–Crippen LogP) is 5.13. The Balaban J connectivity index is 1.78. The highest BCUT2D eigenvalue weighted by molar-refractivity contribution is 14.1. The number of amides is 2. The molecule has 32 heavy (non-hydrogen) atoms. The molecule has 0 aliphatic carbocycles. The molecular weight excluding hydrogens is 569 g/mol. The fourth-order valence-corrected chi connectivity index (χ4v) is 4.57. The van der Waals surface area contributed by atoms with Gasteiger partial charge in [0.2, 0.25) is 0 Å². The molecular formula is C22H19ClINO6S. The number of esters is 1. The number of hydrogen-bond acceptors (Lipinski definition) is 7. The first kappa shape index (κ1) is 24.4. The van der Waals surface area contributed by atoms with E-state index in [2.05, 4.69) is 22.6 Å². The smallest absolute Gasteiger partial charge is 0.326 e. The summed E-state index contributed by atoms with van der Waals surface area (Å²) in [5, 5.41) is 0.135. The molecule has 1 aliphatic heterocycles. The highest BCUT2D eigenvalue weighted by atomic mass is 127. The third-order valence-corrected chi connectivity index (χ3v) is 6.27. The normalized spacial score (nSPS) is 14.8. The van der Waals surface area contributed by atoms with Crippen molar-refractivity contribution in [3.63, 3.8) is 0 Å². The van der Waals surface area contributed by atoms with Crippen molar-refractivity contribution in [1.82, 2.24) is 4.90 Å². The summed E-state index contributed by atoms with van der Waals surface area (Å²) in [6, 6.07) is 10.9. The minimum atomic E-state index is -0.630. The summed E-state index contributed by atoms with van der Waals surface area (Å²) in [4.78, 5) is 37.5. The van der Waals surface area contributed by atoms with Crippen LogP contribution in [-0.2, 0) is 20.9 Å². The van der Waals surface area contributed by atoms with Crippen molar-refractivity contribution in [1.29, 1.82) is 0 Å². The SMILES string of the molecule is CCOC(=O)CN1C(=O)S/C(=C\c2cc(I)c(OCc3ccc(Cl)cc3)c(OC)c2)C1=O. The van der Waals surface area contributed by atoms with E-state index in [-0.39, 0.29) is 11.5 Å². The second-order valence-electron chi connectivity index (χ2n) is 6.52. The molecule has 1 saturated heterocycles. The summed E-state index contributed by atoms with van der Waals surface area (Å²) in [5.74, 6) is -0.113. The highest BCUT2D eigenvalue weighted by Gasteiger charge is 2.36. The van der Waals surface area contributed by atoms with E-state index >= 15 is 0 Å². The van der Waals surface area contributed by atoms with Gasteiger partial charge in [0.05, 0.1) is 22.2 Å². The van der Waals surface area contributed by atoms with E-state index in [1.54, 1.807) is 31.2 Å². The summed E-state index contributed by atoms with van der Waals surface area (Å²) >= 11 is 8.81. The molecule has 0 spiro atoms. The third kappa shape index (κ3) is 5.96. The van der Waals surface area contributed by atoms with Crippen molar-refractivity contribution < 1.29 is 28.6 Å². The zero-order chi connectivity index (χ0) is 23.3. The van der Waals surface area contributed by atoms with E-state index < -0.39 is 23.7 Å². The van der Waals surface area contributed by atoms with Gasteiger partial charge in [0, 0.05) is 5.02 Å². The lowest BCUT2D eigenvalue weighted by atomic mass is 10.1. The van der Waals surface area contributed by atoms with Crippen LogP contribution in [0, 0.1) is 3.57 Å². The maximum atomic E-state index is 12.6. The number of benzene rings is 2. The molecule has 0 radical (unpaired) electrons. The number of hydrogen-bond donors (Lipinski definition) is 0. The van der Waals surface area contributed by atoms with Crippen LogP contribution < -0.4 is 9.47 Å². The third-order valence-electron chi connectivity index (χ3n) is 4.31. The minimum Gasteiger partial charge on any atom is -0.493 e. The molecule has 0 bridgehead atoms. The summed E-state index contributed by atoms with van der Waals surface area (Å²) in [5.41, 5.74) is 1.61. The first-order valence-corrected chi connectivity index (χ1v) is 11.8. The Morgan fingerprint density at radius 1 is 1.22 bits per heavy atom. The fraction of sp³-hybridized carbons (Fsp3) is 0.227. The lowest BCUT2D eigenvalue weighted by Crippen LogP contribution is -2.34. The van der Waals surface area contributed by atoms with E-state index in [0.29, 0.717) is 28.7 Å². The molecule has 0 saturated carbocycles. The molecule has 2 aromatic carbocycles. The number of halogens is 2. The van der Waals surface area contributed by atoms with Gasteiger partial charge in [-0.1, -0.05) is 23.7 Å². The molecule has 10 heteroatoms. The van der Waals surface area contributed by atoms with Gasteiger partial charge in [0.25, 0.3) is 11.1 Å². The average molecular weight is 588 g/mol. The van der Waals surface area contributed by atoms with E-state index in [0.717, 1.165) is 25.8 Å². The van der Waals surface area contributed by atoms with Gasteiger partial charge in [-0.3, -0.25) is 19.3 Å². The average Bonchev–Trinajstić information content (AvgIpc) is 3.01. The number of methoxy groups -OCH3 is 1. The molecule has 0 unspecified atom stereocenters. The Labute approximate surface area is 208 Å². The number of imide groups is 1. The molecule has 1 fully saturated rings. The van der Waals surface area contributed by atoms with Gasteiger partial charge in [0.1, 0.15) is 13.2 Å². The van der Waals surface area contributed by atoms with Gasteiger partial charge in [0.15, 0.2) is 11.5 Å². The van der Waals surface area contributed by atoms with Crippen molar-refractivity contribution in [3.05, 3.63) is 61.0 Å². The Kier molecular flexibility index (Phi) is 8.44. The Hall–Kier alpha value is -2.24. The predicted molar refractivity (Wildman–Crippen MR) is 131 cm³/mol. The molecule has 168 valence electrons. The molecule has 1 heterocycles. The van der Waals surface area contributed by atoms with Crippen LogP contribution in [0.1, 0.15) is 18.1 Å². The van der Waals surface area contributed by atoms with Gasteiger partial charge < -0.3 is 14.2 Å². The van der Waals surface area contributed by atoms with Gasteiger partial charge in [-0.15, -0.1) is 0 Å². The number of ether oxygens (including phenoxy) is 3. The topological polar surface area (TPSA) is 82.1 Å². The van der Waals surface area contributed by atoms with Gasteiger partial charge in [-0.25, -0.2) is 0 Å². The second-order valence-corrected chi connectivity index (χ2v) is 9.11. The minimum absolute atomic E-state index is 0.176. The summed E-state index contributed by atoms with van der Waals surface area (Å²) in [7, 11) is 1.53. The van der Waals surface area contributed by atoms with Crippen LogP contribution >= 0.6 is 46.0 Å². The maximum Gasteiger partial charge on any atom is 0.326 e. The number of carbonyl (C=O) groups is 3.